The first-order valence-corrected chi connectivity index (χ1v) is 9.72. The Morgan fingerprint density at radius 2 is 2.12 bits per heavy atom. The molecule has 1 aromatic rings. The van der Waals surface area contributed by atoms with E-state index in [4.69, 9.17) is 0 Å². The van der Waals surface area contributed by atoms with Crippen molar-refractivity contribution in [2.45, 2.75) is 19.9 Å². The van der Waals surface area contributed by atoms with Gasteiger partial charge in [-0.1, -0.05) is 12.2 Å². The minimum Gasteiger partial charge on any atom is -0.368 e. The minimum atomic E-state index is -0.0477. The second kappa shape index (κ2) is 7.05. The zero-order chi connectivity index (χ0) is 18.1. The molecule has 0 aliphatic carbocycles. The summed E-state index contributed by atoms with van der Waals surface area (Å²) in [5, 5.41) is 6.32. The average molecular weight is 366 g/mol. The molecule has 0 spiro atoms. The first-order valence-electron chi connectivity index (χ1n) is 8.84. The molecule has 26 heavy (non-hydrogen) atoms. The Kier molecular flexibility index (Phi) is 4.61. The smallest absolute Gasteiger partial charge is 0.255 e. The Hall–Kier alpha value is -2.44. The van der Waals surface area contributed by atoms with Crippen LogP contribution in [0.25, 0.3) is 5.57 Å². The highest BCUT2D eigenvalue weighted by Crippen LogP contribution is 2.26. The molecule has 4 heterocycles. The summed E-state index contributed by atoms with van der Waals surface area (Å²) >= 11 is 1.56. The molecule has 0 radical (unpaired) electrons. The van der Waals surface area contributed by atoms with Gasteiger partial charge in [-0.05, 0) is 32.1 Å². The summed E-state index contributed by atoms with van der Waals surface area (Å²) in [6.45, 7) is 6.99. The third-order valence-electron chi connectivity index (χ3n) is 4.62. The van der Waals surface area contributed by atoms with Crippen LogP contribution in [0.1, 0.15) is 17.6 Å². The van der Waals surface area contributed by atoms with Gasteiger partial charge in [0, 0.05) is 60.3 Å². The number of amides is 1. The number of carbonyl (C=O) groups excluding carboxylic acids is 1. The second-order valence-corrected chi connectivity index (χ2v) is 7.60. The molecular weight excluding hydrogens is 344 g/mol. The lowest BCUT2D eigenvalue weighted by atomic mass is 10.1. The zero-order valence-corrected chi connectivity index (χ0v) is 15.8. The van der Waals surface area contributed by atoms with Crippen LogP contribution >= 0.6 is 11.3 Å². The molecule has 6 heteroatoms. The van der Waals surface area contributed by atoms with Crippen molar-refractivity contribution in [3.63, 3.8) is 0 Å². The number of rotatable bonds is 2. The molecule has 1 fully saturated rings. The molecule has 1 N–H and O–H groups in total. The topological polar surface area (TPSA) is 48.5 Å². The Morgan fingerprint density at radius 3 is 2.88 bits per heavy atom. The fraction of sp³-hybridized carbons (Fsp3) is 0.300. The molecule has 0 unspecified atom stereocenters. The minimum absolute atomic E-state index is 0.0477. The third kappa shape index (κ3) is 3.43. The number of hydrogen-bond donors (Lipinski definition) is 1. The zero-order valence-electron chi connectivity index (χ0n) is 15.0. The first kappa shape index (κ1) is 17.0. The third-order valence-corrected chi connectivity index (χ3v) is 5.63. The molecule has 0 saturated carbocycles. The van der Waals surface area contributed by atoms with Gasteiger partial charge < -0.3 is 10.2 Å². The number of fused-ring (bicyclic) bond motifs is 1. The summed E-state index contributed by atoms with van der Waals surface area (Å²) in [4.78, 5) is 21.5. The SMILES string of the molecule is Cc1csc(C2=C\C(=O)N3C=C(N4CCN[C@@H](C)C4)C=C\C3=C/C=C/2)n1. The van der Waals surface area contributed by atoms with E-state index in [1.807, 2.05) is 42.8 Å². The van der Waals surface area contributed by atoms with E-state index >= 15 is 0 Å². The summed E-state index contributed by atoms with van der Waals surface area (Å²) in [6, 6.07) is 0.445. The van der Waals surface area contributed by atoms with E-state index in [0.717, 1.165) is 47.3 Å². The Bertz CT molecular complexity index is 874. The molecule has 3 aliphatic heterocycles. The first-order chi connectivity index (χ1) is 12.6. The van der Waals surface area contributed by atoms with Gasteiger partial charge in [-0.15, -0.1) is 11.3 Å². The number of aromatic nitrogens is 1. The van der Waals surface area contributed by atoms with Crippen LogP contribution in [-0.4, -0.2) is 46.4 Å². The van der Waals surface area contributed by atoms with Crippen LogP contribution in [0.5, 0.6) is 0 Å². The van der Waals surface area contributed by atoms with E-state index in [1.165, 1.54) is 0 Å². The van der Waals surface area contributed by atoms with Gasteiger partial charge in [0.2, 0.25) is 0 Å². The van der Waals surface area contributed by atoms with Crippen molar-refractivity contribution < 1.29 is 4.79 Å². The molecular formula is C20H22N4OS. The predicted molar refractivity (Wildman–Crippen MR) is 105 cm³/mol. The van der Waals surface area contributed by atoms with Crippen molar-refractivity contribution in [2.24, 2.45) is 0 Å². The van der Waals surface area contributed by atoms with E-state index in [1.54, 1.807) is 22.3 Å². The number of nitrogens with zero attached hydrogens (tertiary/aromatic N) is 3. The molecule has 1 saturated heterocycles. The molecule has 3 aliphatic rings. The Morgan fingerprint density at radius 1 is 1.27 bits per heavy atom. The number of aryl methyl sites for hydroxylation is 1. The highest BCUT2D eigenvalue weighted by molar-refractivity contribution is 7.10. The van der Waals surface area contributed by atoms with Crippen LogP contribution < -0.4 is 5.32 Å². The number of allylic oxidation sites excluding steroid dienone is 6. The van der Waals surface area contributed by atoms with Crippen molar-refractivity contribution in [1.29, 1.82) is 0 Å². The standard InChI is InChI=1S/C20H22N4OS/c1-14-11-23(9-8-21-14)18-7-6-17-5-3-4-16(10-19(25)24(17)12-18)20-22-15(2)13-26-20/h3-7,10,12-14,21H,8-9,11H2,1-2H3/b4-3+,16-10+,17-5+/t14-/m0/s1. The molecule has 5 nitrogen and oxygen atoms in total. The highest BCUT2D eigenvalue weighted by atomic mass is 32.1. The van der Waals surface area contributed by atoms with Gasteiger partial charge in [-0.2, -0.15) is 0 Å². The fourth-order valence-electron chi connectivity index (χ4n) is 3.30. The van der Waals surface area contributed by atoms with Crippen LogP contribution in [0.3, 0.4) is 0 Å². The molecule has 0 bridgehead atoms. The van der Waals surface area contributed by atoms with Gasteiger partial charge in [0.15, 0.2) is 0 Å². The van der Waals surface area contributed by atoms with Crippen molar-refractivity contribution in [3.8, 4) is 0 Å². The number of nitrogens with one attached hydrogen (secondary N) is 1. The number of thiazole rings is 1. The van der Waals surface area contributed by atoms with Crippen LogP contribution in [0.2, 0.25) is 0 Å². The summed E-state index contributed by atoms with van der Waals surface area (Å²) in [5.74, 6) is -0.0477. The second-order valence-electron chi connectivity index (χ2n) is 6.74. The number of carbonyl (C=O) groups is 1. The van der Waals surface area contributed by atoms with Crippen molar-refractivity contribution in [3.05, 3.63) is 70.1 Å². The van der Waals surface area contributed by atoms with Gasteiger partial charge >= 0.3 is 0 Å². The fourth-order valence-corrected chi connectivity index (χ4v) is 4.10. The van der Waals surface area contributed by atoms with Gasteiger partial charge in [0.25, 0.3) is 5.91 Å². The molecule has 0 aromatic carbocycles. The van der Waals surface area contributed by atoms with Crippen LogP contribution in [0.4, 0.5) is 0 Å². The van der Waals surface area contributed by atoms with Crippen molar-refractivity contribution in [2.75, 3.05) is 19.6 Å². The van der Waals surface area contributed by atoms with Crippen molar-refractivity contribution in [1.82, 2.24) is 20.1 Å². The molecule has 1 aromatic heterocycles. The number of piperazine rings is 1. The lowest BCUT2D eigenvalue weighted by Gasteiger charge is -2.36. The highest BCUT2D eigenvalue weighted by Gasteiger charge is 2.23. The van der Waals surface area contributed by atoms with E-state index in [-0.39, 0.29) is 5.91 Å². The largest absolute Gasteiger partial charge is 0.368 e. The summed E-state index contributed by atoms with van der Waals surface area (Å²) < 4.78 is 0. The van der Waals surface area contributed by atoms with Crippen molar-refractivity contribution >= 4 is 22.8 Å². The van der Waals surface area contributed by atoms with Gasteiger partial charge in [0.05, 0.1) is 5.70 Å². The maximum Gasteiger partial charge on any atom is 0.255 e. The van der Waals surface area contributed by atoms with E-state index in [9.17, 15) is 4.79 Å². The van der Waals surface area contributed by atoms with Gasteiger partial charge in [0.1, 0.15) is 5.01 Å². The number of hydrogen-bond acceptors (Lipinski definition) is 5. The van der Waals surface area contributed by atoms with E-state index in [0.29, 0.717) is 6.04 Å². The predicted octanol–water partition coefficient (Wildman–Crippen LogP) is 2.82. The molecule has 134 valence electrons. The molecule has 1 amide bonds. The summed E-state index contributed by atoms with van der Waals surface area (Å²) in [6.07, 6.45) is 13.6. The molecule has 1 atom stereocenters. The lowest BCUT2D eigenvalue weighted by molar-refractivity contribution is -0.122. The van der Waals surface area contributed by atoms with Crippen LogP contribution in [0, 0.1) is 6.92 Å². The summed E-state index contributed by atoms with van der Waals surface area (Å²) in [5.41, 5.74) is 3.78. The molecule has 4 rings (SSSR count). The van der Waals surface area contributed by atoms with E-state index in [2.05, 4.69) is 28.2 Å². The van der Waals surface area contributed by atoms with E-state index < -0.39 is 0 Å². The monoisotopic (exact) mass is 366 g/mol. The lowest BCUT2D eigenvalue weighted by Crippen LogP contribution is -2.48. The quantitative estimate of drug-likeness (QED) is 0.874. The van der Waals surface area contributed by atoms with Crippen LogP contribution in [-0.2, 0) is 4.79 Å². The Labute approximate surface area is 157 Å². The maximum atomic E-state index is 12.9. The van der Waals surface area contributed by atoms with Gasteiger partial charge in [-0.3, -0.25) is 9.69 Å². The Balaban J connectivity index is 1.64. The van der Waals surface area contributed by atoms with Gasteiger partial charge in [-0.25, -0.2) is 4.98 Å². The maximum absolute atomic E-state index is 12.9. The van der Waals surface area contributed by atoms with Crippen LogP contribution in [0.15, 0.2) is 59.4 Å². The normalized spacial score (nSPS) is 28.3. The summed E-state index contributed by atoms with van der Waals surface area (Å²) in [7, 11) is 0. The average Bonchev–Trinajstić information content (AvgIpc) is 3.05.